The number of aryl methyl sites for hydroxylation is 2. The maximum Gasteiger partial charge on any atom is 0.320 e. The Labute approximate surface area is 130 Å². The van der Waals surface area contributed by atoms with Crippen molar-refractivity contribution in [3.63, 3.8) is 0 Å². The third-order valence-corrected chi connectivity index (χ3v) is 3.15. The van der Waals surface area contributed by atoms with Crippen LogP contribution in [0.4, 0.5) is 10.6 Å². The first-order valence-corrected chi connectivity index (χ1v) is 7.25. The fourth-order valence-corrected chi connectivity index (χ4v) is 2.23. The van der Waals surface area contributed by atoms with E-state index in [0.717, 1.165) is 16.8 Å². The summed E-state index contributed by atoms with van der Waals surface area (Å²) in [6, 6.07) is 13.0. The Morgan fingerprint density at radius 1 is 1.23 bits per heavy atom. The van der Waals surface area contributed by atoms with Gasteiger partial charge in [-0.1, -0.05) is 30.3 Å². The van der Waals surface area contributed by atoms with E-state index in [4.69, 9.17) is 0 Å². The summed E-state index contributed by atoms with van der Waals surface area (Å²) in [4.78, 5) is 16.1. The Morgan fingerprint density at radius 2 is 1.95 bits per heavy atom. The molecule has 0 unspecified atom stereocenters. The summed E-state index contributed by atoms with van der Waals surface area (Å²) in [5.74, 6) is 0.507. The van der Waals surface area contributed by atoms with Crippen LogP contribution in [0.5, 0.6) is 0 Å². The normalized spacial score (nSPS) is 11.8. The number of aromatic nitrogens is 1. The zero-order chi connectivity index (χ0) is 15.9. The molecular formula is C17H21N3O2. The van der Waals surface area contributed by atoms with Gasteiger partial charge in [0.05, 0.1) is 6.10 Å². The van der Waals surface area contributed by atoms with Crippen LogP contribution in [-0.4, -0.2) is 28.8 Å². The highest BCUT2D eigenvalue weighted by atomic mass is 16.3. The number of aliphatic hydroxyl groups is 1. The number of pyridine rings is 1. The summed E-state index contributed by atoms with van der Waals surface area (Å²) < 4.78 is 0. The molecule has 5 heteroatoms. The summed E-state index contributed by atoms with van der Waals surface area (Å²) >= 11 is 0. The van der Waals surface area contributed by atoms with Gasteiger partial charge in [-0.3, -0.25) is 5.32 Å². The first kappa shape index (κ1) is 16.0. The van der Waals surface area contributed by atoms with Crippen molar-refractivity contribution in [3.8, 4) is 0 Å². The van der Waals surface area contributed by atoms with E-state index in [2.05, 4.69) is 15.6 Å². The van der Waals surface area contributed by atoms with Gasteiger partial charge in [-0.05, 0) is 37.1 Å². The van der Waals surface area contributed by atoms with Crippen molar-refractivity contribution < 1.29 is 9.90 Å². The Bertz CT molecular complexity index is 609. The van der Waals surface area contributed by atoms with Crippen LogP contribution < -0.4 is 10.6 Å². The molecule has 0 saturated heterocycles. The zero-order valence-corrected chi connectivity index (χ0v) is 12.8. The van der Waals surface area contributed by atoms with E-state index >= 15 is 0 Å². The highest BCUT2D eigenvalue weighted by Gasteiger charge is 2.09. The predicted octanol–water partition coefficient (Wildman–Crippen LogP) is 2.42. The number of aliphatic hydroxyl groups excluding tert-OH is 1. The Balaban J connectivity index is 1.80. The maximum absolute atomic E-state index is 11.8. The molecule has 0 spiro atoms. The van der Waals surface area contributed by atoms with Gasteiger partial charge in [-0.25, -0.2) is 9.78 Å². The smallest absolute Gasteiger partial charge is 0.320 e. The first-order valence-electron chi connectivity index (χ1n) is 7.25. The van der Waals surface area contributed by atoms with Crippen LogP contribution in [0.1, 0.15) is 16.8 Å². The standard InChI is InChI=1S/C17H21N3O2/c1-12-8-13(2)19-16(9-12)20-17(22)18-11-15(21)10-14-6-4-3-5-7-14/h3-9,15,21H,10-11H2,1-2H3,(H2,18,19,20,22)/t15-/m0/s1. The van der Waals surface area contributed by atoms with Crippen molar-refractivity contribution in [2.45, 2.75) is 26.4 Å². The van der Waals surface area contributed by atoms with Gasteiger partial charge >= 0.3 is 6.03 Å². The number of carbonyl (C=O) groups is 1. The molecule has 0 saturated carbocycles. The van der Waals surface area contributed by atoms with Gasteiger partial charge in [0.1, 0.15) is 5.82 Å². The first-order chi connectivity index (χ1) is 10.5. The molecule has 2 aromatic rings. The quantitative estimate of drug-likeness (QED) is 0.794. The molecule has 1 aromatic heterocycles. The second-order valence-electron chi connectivity index (χ2n) is 5.35. The van der Waals surface area contributed by atoms with Crippen LogP contribution in [0.2, 0.25) is 0 Å². The van der Waals surface area contributed by atoms with Gasteiger partial charge in [0.25, 0.3) is 0 Å². The highest BCUT2D eigenvalue weighted by molar-refractivity contribution is 5.88. The average molecular weight is 299 g/mol. The number of hydrogen-bond acceptors (Lipinski definition) is 3. The Hall–Kier alpha value is -2.40. The molecule has 1 heterocycles. The minimum absolute atomic E-state index is 0.186. The molecule has 2 rings (SSSR count). The molecule has 116 valence electrons. The van der Waals surface area contributed by atoms with Gasteiger partial charge in [0, 0.05) is 18.7 Å². The van der Waals surface area contributed by atoms with E-state index in [1.165, 1.54) is 0 Å². The molecule has 0 aliphatic heterocycles. The molecule has 2 amide bonds. The largest absolute Gasteiger partial charge is 0.391 e. The van der Waals surface area contributed by atoms with E-state index < -0.39 is 6.10 Å². The molecule has 5 nitrogen and oxygen atoms in total. The van der Waals surface area contributed by atoms with Crippen molar-refractivity contribution in [1.29, 1.82) is 0 Å². The summed E-state index contributed by atoms with van der Waals surface area (Å²) in [5.41, 5.74) is 2.92. The lowest BCUT2D eigenvalue weighted by Crippen LogP contribution is -2.36. The molecule has 0 aliphatic carbocycles. The number of hydrogen-bond donors (Lipinski definition) is 3. The van der Waals surface area contributed by atoms with Crippen LogP contribution in [-0.2, 0) is 6.42 Å². The topological polar surface area (TPSA) is 74.2 Å². The van der Waals surface area contributed by atoms with Gasteiger partial charge < -0.3 is 10.4 Å². The van der Waals surface area contributed by atoms with E-state index in [1.54, 1.807) is 6.07 Å². The number of nitrogens with one attached hydrogen (secondary N) is 2. The van der Waals surface area contributed by atoms with Crippen molar-refractivity contribution in [1.82, 2.24) is 10.3 Å². The molecule has 22 heavy (non-hydrogen) atoms. The monoisotopic (exact) mass is 299 g/mol. The summed E-state index contributed by atoms with van der Waals surface area (Å²) in [7, 11) is 0. The number of urea groups is 1. The number of benzene rings is 1. The van der Waals surface area contributed by atoms with Crippen molar-refractivity contribution in [2.24, 2.45) is 0 Å². The molecule has 0 aliphatic rings. The molecule has 0 bridgehead atoms. The summed E-state index contributed by atoms with van der Waals surface area (Å²) in [5, 5.41) is 15.3. The van der Waals surface area contributed by atoms with Crippen LogP contribution in [0.3, 0.4) is 0 Å². The predicted molar refractivity (Wildman–Crippen MR) is 86.9 cm³/mol. The number of amides is 2. The SMILES string of the molecule is Cc1cc(C)nc(NC(=O)NC[C@@H](O)Cc2ccccc2)c1. The highest BCUT2D eigenvalue weighted by Crippen LogP contribution is 2.08. The van der Waals surface area contributed by atoms with Gasteiger partial charge in [-0.15, -0.1) is 0 Å². The number of carbonyl (C=O) groups excluding carboxylic acids is 1. The van der Waals surface area contributed by atoms with Crippen LogP contribution in [0.15, 0.2) is 42.5 Å². The summed E-state index contributed by atoms with van der Waals surface area (Å²) in [6.07, 6.45) is -0.122. The second-order valence-corrected chi connectivity index (χ2v) is 5.35. The summed E-state index contributed by atoms with van der Waals surface area (Å²) in [6.45, 7) is 4.01. The molecule has 1 aromatic carbocycles. The van der Waals surface area contributed by atoms with Crippen LogP contribution in [0.25, 0.3) is 0 Å². The van der Waals surface area contributed by atoms with Crippen molar-refractivity contribution in [3.05, 3.63) is 59.3 Å². The molecule has 0 fully saturated rings. The lowest BCUT2D eigenvalue weighted by atomic mass is 10.1. The fourth-order valence-electron chi connectivity index (χ4n) is 2.23. The van der Waals surface area contributed by atoms with Gasteiger partial charge in [0.2, 0.25) is 0 Å². The number of rotatable bonds is 5. The van der Waals surface area contributed by atoms with E-state index in [-0.39, 0.29) is 12.6 Å². The number of anilines is 1. The van der Waals surface area contributed by atoms with Crippen LogP contribution in [0, 0.1) is 13.8 Å². The average Bonchev–Trinajstić information content (AvgIpc) is 2.45. The molecule has 3 N–H and O–H groups in total. The lowest BCUT2D eigenvalue weighted by molar-refractivity contribution is 0.172. The number of nitrogens with zero attached hydrogens (tertiary/aromatic N) is 1. The van der Waals surface area contributed by atoms with E-state index in [0.29, 0.717) is 12.2 Å². The third-order valence-electron chi connectivity index (χ3n) is 3.15. The van der Waals surface area contributed by atoms with E-state index in [1.807, 2.05) is 50.2 Å². The molecule has 0 radical (unpaired) electrons. The molecule has 1 atom stereocenters. The minimum atomic E-state index is -0.625. The lowest BCUT2D eigenvalue weighted by Gasteiger charge is -2.13. The fraction of sp³-hybridized carbons (Fsp3) is 0.294. The van der Waals surface area contributed by atoms with Crippen molar-refractivity contribution in [2.75, 3.05) is 11.9 Å². The third kappa shape index (κ3) is 5.18. The Kier molecular flexibility index (Phi) is 5.49. The second kappa shape index (κ2) is 7.56. The van der Waals surface area contributed by atoms with Crippen molar-refractivity contribution >= 4 is 11.8 Å². The maximum atomic E-state index is 11.8. The van der Waals surface area contributed by atoms with Crippen LogP contribution >= 0.6 is 0 Å². The van der Waals surface area contributed by atoms with Gasteiger partial charge in [-0.2, -0.15) is 0 Å². The molecular weight excluding hydrogens is 278 g/mol. The van der Waals surface area contributed by atoms with Gasteiger partial charge in [0.15, 0.2) is 0 Å². The van der Waals surface area contributed by atoms with E-state index in [9.17, 15) is 9.90 Å². The zero-order valence-electron chi connectivity index (χ0n) is 12.8. The Morgan fingerprint density at radius 3 is 2.64 bits per heavy atom. The minimum Gasteiger partial charge on any atom is -0.391 e.